The number of carbonyl (C=O) groups excluding carboxylic acids is 1. The molecule has 2 aromatic carbocycles. The maximum atomic E-state index is 12.9. The first-order valence-corrected chi connectivity index (χ1v) is 8.57. The van der Waals surface area contributed by atoms with Crippen molar-refractivity contribution in [2.24, 2.45) is 0 Å². The fourth-order valence-corrected chi connectivity index (χ4v) is 2.73. The van der Waals surface area contributed by atoms with Crippen LogP contribution >= 0.6 is 0 Å². The Hall–Kier alpha value is -3.02. The summed E-state index contributed by atoms with van der Waals surface area (Å²) in [7, 11) is 0. The fraction of sp³-hybridized carbons (Fsp3) is 0.250. The van der Waals surface area contributed by atoms with E-state index in [4.69, 9.17) is 0 Å². The van der Waals surface area contributed by atoms with Crippen molar-refractivity contribution in [1.29, 1.82) is 0 Å². The molecule has 1 amide bonds. The van der Waals surface area contributed by atoms with Crippen LogP contribution in [0, 0.1) is 5.82 Å². The summed E-state index contributed by atoms with van der Waals surface area (Å²) in [6.07, 6.45) is 4.70. The molecule has 0 bridgehead atoms. The number of aryl methyl sites for hydroxylation is 1. The molecule has 0 aliphatic rings. The van der Waals surface area contributed by atoms with Crippen LogP contribution in [-0.4, -0.2) is 26.7 Å². The van der Waals surface area contributed by atoms with Crippen LogP contribution in [0.25, 0.3) is 0 Å². The minimum atomic E-state index is -0.235. The first-order valence-electron chi connectivity index (χ1n) is 8.57. The lowest BCUT2D eigenvalue weighted by atomic mass is 10.1. The van der Waals surface area contributed by atoms with Gasteiger partial charge in [-0.25, -0.2) is 14.1 Å². The zero-order valence-electron chi connectivity index (χ0n) is 14.6. The highest BCUT2D eigenvalue weighted by atomic mass is 19.1. The third kappa shape index (κ3) is 4.99. The Morgan fingerprint density at radius 3 is 2.73 bits per heavy atom. The van der Waals surface area contributed by atoms with Crippen molar-refractivity contribution in [3.8, 4) is 0 Å². The van der Waals surface area contributed by atoms with E-state index < -0.39 is 0 Å². The number of benzene rings is 2. The highest BCUT2D eigenvalue weighted by Gasteiger charge is 2.11. The molecule has 0 saturated heterocycles. The molecule has 1 aromatic heterocycles. The number of carbonyl (C=O) groups is 1. The van der Waals surface area contributed by atoms with Crippen LogP contribution in [0.4, 0.5) is 4.39 Å². The smallest absolute Gasteiger partial charge is 0.251 e. The number of nitrogens with zero attached hydrogens (tertiary/aromatic N) is 3. The predicted molar refractivity (Wildman–Crippen MR) is 97.2 cm³/mol. The van der Waals surface area contributed by atoms with Crippen LogP contribution in [0.3, 0.4) is 0 Å². The second-order valence-corrected chi connectivity index (χ2v) is 6.33. The van der Waals surface area contributed by atoms with Crippen molar-refractivity contribution in [1.82, 2.24) is 20.1 Å². The second-order valence-electron chi connectivity index (χ2n) is 6.33. The van der Waals surface area contributed by atoms with Gasteiger partial charge in [-0.05, 0) is 55.2 Å². The first-order chi connectivity index (χ1) is 12.6. The summed E-state index contributed by atoms with van der Waals surface area (Å²) in [4.78, 5) is 16.4. The van der Waals surface area contributed by atoms with Gasteiger partial charge in [-0.2, -0.15) is 5.10 Å². The van der Waals surface area contributed by atoms with Crippen molar-refractivity contribution >= 4 is 5.91 Å². The van der Waals surface area contributed by atoms with E-state index in [-0.39, 0.29) is 17.8 Å². The van der Waals surface area contributed by atoms with Gasteiger partial charge in [0, 0.05) is 11.6 Å². The average molecular weight is 352 g/mol. The van der Waals surface area contributed by atoms with Gasteiger partial charge < -0.3 is 5.32 Å². The Kier molecular flexibility index (Phi) is 5.73. The topological polar surface area (TPSA) is 59.8 Å². The SMILES string of the molecule is C[C@H](CCc1ccc(F)cc1)NC(=O)c1cccc(Cn2cncn2)c1. The molecule has 0 spiro atoms. The summed E-state index contributed by atoms with van der Waals surface area (Å²) in [6, 6.07) is 14.0. The average Bonchev–Trinajstić information content (AvgIpc) is 3.14. The molecule has 5 nitrogen and oxygen atoms in total. The quantitative estimate of drug-likeness (QED) is 0.710. The van der Waals surface area contributed by atoms with E-state index in [2.05, 4.69) is 15.4 Å². The highest BCUT2D eigenvalue weighted by Crippen LogP contribution is 2.10. The summed E-state index contributed by atoms with van der Waals surface area (Å²) in [5.41, 5.74) is 2.67. The number of rotatable bonds is 7. The van der Waals surface area contributed by atoms with Gasteiger partial charge in [0.1, 0.15) is 18.5 Å². The Balaban J connectivity index is 1.54. The molecule has 3 rings (SSSR count). The summed E-state index contributed by atoms with van der Waals surface area (Å²) in [6.45, 7) is 2.54. The molecular weight excluding hydrogens is 331 g/mol. The fourth-order valence-electron chi connectivity index (χ4n) is 2.73. The standard InChI is InChI=1S/C20H21FN4O/c1-15(5-6-16-7-9-19(21)10-8-16)24-20(26)18-4-2-3-17(11-18)12-25-14-22-13-23-25/h2-4,7-11,13-15H,5-6,12H2,1H3,(H,24,26)/t15-/m1/s1. The molecular formula is C20H21FN4O. The molecule has 134 valence electrons. The Morgan fingerprint density at radius 1 is 1.19 bits per heavy atom. The van der Waals surface area contributed by atoms with Gasteiger partial charge in [-0.15, -0.1) is 0 Å². The molecule has 26 heavy (non-hydrogen) atoms. The maximum Gasteiger partial charge on any atom is 0.251 e. The lowest BCUT2D eigenvalue weighted by Gasteiger charge is -2.14. The maximum absolute atomic E-state index is 12.9. The largest absolute Gasteiger partial charge is 0.350 e. The Labute approximate surface area is 151 Å². The van der Waals surface area contributed by atoms with E-state index in [0.717, 1.165) is 24.0 Å². The van der Waals surface area contributed by atoms with E-state index in [1.54, 1.807) is 29.2 Å². The van der Waals surface area contributed by atoms with Gasteiger partial charge in [-0.3, -0.25) is 4.79 Å². The van der Waals surface area contributed by atoms with Gasteiger partial charge in [0.25, 0.3) is 5.91 Å². The van der Waals surface area contributed by atoms with Crippen LogP contribution in [0.5, 0.6) is 0 Å². The lowest BCUT2D eigenvalue weighted by Crippen LogP contribution is -2.33. The molecule has 3 aromatic rings. The minimum Gasteiger partial charge on any atom is -0.350 e. The molecule has 0 radical (unpaired) electrons. The van der Waals surface area contributed by atoms with Crippen LogP contribution in [0.15, 0.2) is 61.2 Å². The van der Waals surface area contributed by atoms with Crippen LogP contribution in [-0.2, 0) is 13.0 Å². The third-order valence-electron chi connectivity index (χ3n) is 4.16. The number of hydrogen-bond donors (Lipinski definition) is 1. The monoisotopic (exact) mass is 352 g/mol. The molecule has 0 unspecified atom stereocenters. The number of aromatic nitrogens is 3. The van der Waals surface area contributed by atoms with E-state index in [1.807, 2.05) is 25.1 Å². The zero-order valence-corrected chi connectivity index (χ0v) is 14.6. The van der Waals surface area contributed by atoms with Gasteiger partial charge in [0.05, 0.1) is 6.54 Å². The van der Waals surface area contributed by atoms with Gasteiger partial charge in [-0.1, -0.05) is 24.3 Å². The number of halogens is 1. The van der Waals surface area contributed by atoms with Crippen molar-refractivity contribution in [2.75, 3.05) is 0 Å². The van der Waals surface area contributed by atoms with E-state index in [0.29, 0.717) is 12.1 Å². The van der Waals surface area contributed by atoms with Crippen molar-refractivity contribution in [3.05, 3.63) is 83.7 Å². The second kappa shape index (κ2) is 8.38. The van der Waals surface area contributed by atoms with Crippen molar-refractivity contribution in [3.63, 3.8) is 0 Å². The normalized spacial score (nSPS) is 11.9. The number of nitrogens with one attached hydrogen (secondary N) is 1. The highest BCUT2D eigenvalue weighted by molar-refractivity contribution is 5.94. The third-order valence-corrected chi connectivity index (χ3v) is 4.16. The number of amides is 1. The Bertz CT molecular complexity index is 847. The molecule has 0 fully saturated rings. The van der Waals surface area contributed by atoms with Crippen molar-refractivity contribution in [2.45, 2.75) is 32.4 Å². The van der Waals surface area contributed by atoms with Crippen LogP contribution < -0.4 is 5.32 Å². The van der Waals surface area contributed by atoms with Crippen LogP contribution in [0.2, 0.25) is 0 Å². The summed E-state index contributed by atoms with van der Waals surface area (Å²) in [5, 5.41) is 7.09. The minimum absolute atomic E-state index is 0.0199. The predicted octanol–water partition coefficient (Wildman–Crippen LogP) is 3.22. The number of hydrogen-bond acceptors (Lipinski definition) is 3. The van der Waals surface area contributed by atoms with Crippen LogP contribution in [0.1, 0.15) is 34.8 Å². The van der Waals surface area contributed by atoms with Crippen molar-refractivity contribution < 1.29 is 9.18 Å². The van der Waals surface area contributed by atoms with E-state index in [1.165, 1.54) is 18.5 Å². The van der Waals surface area contributed by atoms with E-state index >= 15 is 0 Å². The summed E-state index contributed by atoms with van der Waals surface area (Å²) >= 11 is 0. The lowest BCUT2D eigenvalue weighted by molar-refractivity contribution is 0.0938. The molecule has 1 N–H and O–H groups in total. The molecule has 6 heteroatoms. The molecule has 0 aliphatic heterocycles. The summed E-state index contributed by atoms with van der Waals surface area (Å²) in [5.74, 6) is -0.335. The zero-order chi connectivity index (χ0) is 18.4. The van der Waals surface area contributed by atoms with Gasteiger partial charge >= 0.3 is 0 Å². The molecule has 1 heterocycles. The van der Waals surface area contributed by atoms with Gasteiger partial charge in [0.2, 0.25) is 0 Å². The molecule has 0 saturated carbocycles. The van der Waals surface area contributed by atoms with E-state index in [9.17, 15) is 9.18 Å². The first kappa shape index (κ1) is 17.8. The Morgan fingerprint density at radius 2 is 2.00 bits per heavy atom. The summed E-state index contributed by atoms with van der Waals surface area (Å²) < 4.78 is 14.6. The van der Waals surface area contributed by atoms with Gasteiger partial charge in [0.15, 0.2) is 0 Å². The molecule has 0 aliphatic carbocycles. The molecule has 1 atom stereocenters.